The van der Waals surface area contributed by atoms with Crippen LogP contribution >= 0.6 is 39.9 Å². The number of carboxylic acids is 1. The number of thiocarbonyl (C=S) groups is 1. The molecule has 120 valence electrons. The molecule has 0 bridgehead atoms. The van der Waals surface area contributed by atoms with Gasteiger partial charge in [0.1, 0.15) is 4.32 Å². The highest BCUT2D eigenvalue weighted by Gasteiger charge is 2.32. The number of ether oxygens (including phenoxy) is 2. The van der Waals surface area contributed by atoms with Crippen molar-refractivity contribution >= 4 is 62.2 Å². The average Bonchev–Trinajstić information content (AvgIpc) is 3.03. The Morgan fingerprint density at radius 1 is 1.43 bits per heavy atom. The summed E-state index contributed by atoms with van der Waals surface area (Å²) in [5.41, 5.74) is 0.745. The van der Waals surface area contributed by atoms with Gasteiger partial charge >= 0.3 is 0 Å². The van der Waals surface area contributed by atoms with Crippen molar-refractivity contribution in [3.63, 3.8) is 0 Å². The van der Waals surface area contributed by atoms with Gasteiger partial charge in [0.05, 0.1) is 4.91 Å². The lowest BCUT2D eigenvalue weighted by molar-refractivity contribution is -0.305. The number of hydrogen-bond donors (Lipinski definition) is 0. The van der Waals surface area contributed by atoms with Crippen LogP contribution in [0.25, 0.3) is 6.08 Å². The van der Waals surface area contributed by atoms with E-state index in [4.69, 9.17) is 21.7 Å². The van der Waals surface area contributed by atoms with Crippen molar-refractivity contribution in [2.75, 3.05) is 13.3 Å². The standard InChI is InChI=1S/C14H10BrNO5S2/c15-8-5-10-9(20-6-21-10)3-7(8)4-11-13(19)16(14(22)23-11)2-1-12(17)18/h3-5H,1-2,6H2,(H,17,18)/p-1/b11-4-. The molecule has 0 atom stereocenters. The number of carbonyl (C=O) groups excluding carboxylic acids is 2. The molecule has 1 saturated heterocycles. The zero-order valence-electron chi connectivity index (χ0n) is 11.5. The van der Waals surface area contributed by atoms with Crippen molar-refractivity contribution in [3.8, 4) is 11.5 Å². The lowest BCUT2D eigenvalue weighted by atomic mass is 10.2. The highest BCUT2D eigenvalue weighted by molar-refractivity contribution is 9.10. The maximum Gasteiger partial charge on any atom is 0.266 e. The van der Waals surface area contributed by atoms with E-state index in [1.165, 1.54) is 4.90 Å². The maximum absolute atomic E-state index is 12.3. The Morgan fingerprint density at radius 3 is 2.83 bits per heavy atom. The van der Waals surface area contributed by atoms with Crippen LogP contribution in [-0.4, -0.2) is 34.4 Å². The van der Waals surface area contributed by atoms with E-state index >= 15 is 0 Å². The highest BCUT2D eigenvalue weighted by Crippen LogP contribution is 2.39. The molecule has 1 amide bonds. The Morgan fingerprint density at radius 2 is 2.13 bits per heavy atom. The van der Waals surface area contributed by atoms with E-state index < -0.39 is 5.97 Å². The molecule has 0 saturated carbocycles. The summed E-state index contributed by atoms with van der Waals surface area (Å²) in [4.78, 5) is 24.6. The Labute approximate surface area is 149 Å². The molecule has 0 spiro atoms. The number of nitrogens with zero attached hydrogens (tertiary/aromatic N) is 1. The maximum atomic E-state index is 12.3. The number of benzene rings is 1. The number of fused-ring (bicyclic) bond motifs is 1. The quantitative estimate of drug-likeness (QED) is 0.545. The predicted octanol–water partition coefficient (Wildman–Crippen LogP) is 1.52. The minimum Gasteiger partial charge on any atom is -0.550 e. The average molecular weight is 415 g/mol. The molecule has 0 aliphatic carbocycles. The molecule has 1 aromatic rings. The number of amides is 1. The molecule has 0 N–H and O–H groups in total. The molecule has 1 fully saturated rings. The normalized spacial score (nSPS) is 18.1. The second-order valence-corrected chi connectivity index (χ2v) is 7.21. The first-order valence-corrected chi connectivity index (χ1v) is 8.52. The van der Waals surface area contributed by atoms with Crippen molar-refractivity contribution in [3.05, 3.63) is 27.1 Å². The molecule has 3 rings (SSSR count). The first-order chi connectivity index (χ1) is 11.0. The van der Waals surface area contributed by atoms with Gasteiger partial charge in [0.15, 0.2) is 11.5 Å². The molecule has 0 unspecified atom stereocenters. The highest BCUT2D eigenvalue weighted by atomic mass is 79.9. The fourth-order valence-corrected chi connectivity index (χ4v) is 3.82. The summed E-state index contributed by atoms with van der Waals surface area (Å²) in [5, 5.41) is 10.5. The Balaban J connectivity index is 1.85. The van der Waals surface area contributed by atoms with E-state index in [-0.39, 0.29) is 25.7 Å². The number of rotatable bonds is 4. The van der Waals surface area contributed by atoms with Gasteiger partial charge in [-0.2, -0.15) is 0 Å². The van der Waals surface area contributed by atoms with E-state index in [9.17, 15) is 14.7 Å². The van der Waals surface area contributed by atoms with E-state index in [2.05, 4.69) is 15.9 Å². The third kappa shape index (κ3) is 3.36. The SMILES string of the molecule is O=C([O-])CCN1C(=O)/C(=C/c2cc3c(cc2Br)OCO3)SC1=S. The third-order valence-electron chi connectivity index (χ3n) is 3.19. The van der Waals surface area contributed by atoms with Crippen molar-refractivity contribution in [1.82, 2.24) is 4.90 Å². The summed E-state index contributed by atoms with van der Waals surface area (Å²) in [5.74, 6) is -0.297. The predicted molar refractivity (Wildman–Crippen MR) is 89.8 cm³/mol. The number of hydrogen-bond acceptors (Lipinski definition) is 7. The van der Waals surface area contributed by atoms with Gasteiger partial charge in [0, 0.05) is 23.4 Å². The molecule has 23 heavy (non-hydrogen) atoms. The Hall–Kier alpha value is -1.58. The minimum absolute atomic E-state index is 0.00660. The van der Waals surface area contributed by atoms with Crippen LogP contribution in [0.3, 0.4) is 0 Å². The van der Waals surface area contributed by atoms with Crippen LogP contribution in [-0.2, 0) is 9.59 Å². The summed E-state index contributed by atoms with van der Waals surface area (Å²) >= 11 is 9.69. The van der Waals surface area contributed by atoms with Crippen molar-refractivity contribution in [1.29, 1.82) is 0 Å². The molecule has 9 heteroatoms. The van der Waals surface area contributed by atoms with Crippen LogP contribution in [0.1, 0.15) is 12.0 Å². The summed E-state index contributed by atoms with van der Waals surface area (Å²) in [6.07, 6.45) is 1.43. The summed E-state index contributed by atoms with van der Waals surface area (Å²) in [7, 11) is 0. The van der Waals surface area contributed by atoms with Gasteiger partial charge in [-0.15, -0.1) is 0 Å². The summed E-state index contributed by atoms with van der Waals surface area (Å²) < 4.78 is 11.7. The van der Waals surface area contributed by atoms with E-state index in [0.717, 1.165) is 21.8 Å². The van der Waals surface area contributed by atoms with E-state index in [0.29, 0.717) is 20.7 Å². The summed E-state index contributed by atoms with van der Waals surface area (Å²) in [6.45, 7) is 0.170. The molecule has 0 radical (unpaired) electrons. The fraction of sp³-hybridized carbons (Fsp3) is 0.214. The molecular formula is C14H9BrNO5S2-. The molecule has 2 aliphatic rings. The number of aliphatic carboxylic acids is 1. The fourth-order valence-electron chi connectivity index (χ4n) is 2.08. The second-order valence-electron chi connectivity index (χ2n) is 4.68. The van der Waals surface area contributed by atoms with Crippen molar-refractivity contribution in [2.24, 2.45) is 0 Å². The van der Waals surface area contributed by atoms with Crippen LogP contribution in [0.5, 0.6) is 11.5 Å². The molecular weight excluding hydrogens is 406 g/mol. The lowest BCUT2D eigenvalue weighted by Gasteiger charge is -2.14. The van der Waals surface area contributed by atoms with Crippen molar-refractivity contribution < 1.29 is 24.2 Å². The number of halogens is 1. The van der Waals surface area contributed by atoms with Crippen LogP contribution < -0.4 is 14.6 Å². The minimum atomic E-state index is -1.22. The van der Waals surface area contributed by atoms with Crippen molar-refractivity contribution in [2.45, 2.75) is 6.42 Å². The third-order valence-corrected chi connectivity index (χ3v) is 5.26. The van der Waals surface area contributed by atoms with Crippen LogP contribution in [0.2, 0.25) is 0 Å². The van der Waals surface area contributed by atoms with Crippen LogP contribution in [0.15, 0.2) is 21.5 Å². The van der Waals surface area contributed by atoms with Gasteiger partial charge in [-0.25, -0.2) is 0 Å². The van der Waals surface area contributed by atoms with Gasteiger partial charge in [-0.05, 0) is 23.8 Å². The van der Waals surface area contributed by atoms with Crippen LogP contribution in [0, 0.1) is 0 Å². The van der Waals surface area contributed by atoms with E-state index in [1.54, 1.807) is 18.2 Å². The number of carboxylic acid groups (broad SMARTS) is 1. The first-order valence-electron chi connectivity index (χ1n) is 6.50. The Kier molecular flexibility index (Phi) is 4.60. The van der Waals surface area contributed by atoms with Gasteiger partial charge in [0.2, 0.25) is 6.79 Å². The molecule has 0 aromatic heterocycles. The first kappa shape index (κ1) is 16.3. The van der Waals surface area contributed by atoms with Crippen LogP contribution in [0.4, 0.5) is 0 Å². The summed E-state index contributed by atoms with van der Waals surface area (Å²) in [6, 6.07) is 3.53. The molecule has 6 nitrogen and oxygen atoms in total. The van der Waals surface area contributed by atoms with Gasteiger partial charge < -0.3 is 19.4 Å². The second kappa shape index (κ2) is 6.50. The zero-order valence-corrected chi connectivity index (χ0v) is 14.8. The number of carbonyl (C=O) groups is 2. The largest absolute Gasteiger partial charge is 0.550 e. The van der Waals surface area contributed by atoms with Gasteiger partial charge in [-0.1, -0.05) is 39.9 Å². The monoisotopic (exact) mass is 414 g/mol. The zero-order chi connectivity index (χ0) is 16.6. The smallest absolute Gasteiger partial charge is 0.266 e. The number of thioether (sulfide) groups is 1. The molecule has 1 aromatic carbocycles. The van der Waals surface area contributed by atoms with Gasteiger partial charge in [-0.3, -0.25) is 9.69 Å². The lowest BCUT2D eigenvalue weighted by Crippen LogP contribution is -2.33. The van der Waals surface area contributed by atoms with E-state index in [1.807, 2.05) is 0 Å². The topological polar surface area (TPSA) is 78.9 Å². The molecule has 2 heterocycles. The Bertz CT molecular complexity index is 749. The molecule has 2 aliphatic heterocycles. The van der Waals surface area contributed by atoms with Gasteiger partial charge in [0.25, 0.3) is 5.91 Å².